The van der Waals surface area contributed by atoms with Crippen LogP contribution in [0.1, 0.15) is 5.56 Å². The van der Waals surface area contributed by atoms with Crippen LogP contribution in [0.25, 0.3) is 0 Å². The first-order valence-corrected chi connectivity index (χ1v) is 10.2. The Morgan fingerprint density at radius 1 is 0.833 bits per heavy atom. The average Bonchev–Trinajstić information content (AvgIpc) is 2.71. The fourth-order valence-electron chi connectivity index (χ4n) is 3.60. The van der Waals surface area contributed by atoms with Crippen LogP contribution in [0.15, 0.2) is 48.5 Å². The molecule has 1 aliphatic heterocycles. The molecule has 1 aliphatic rings. The average molecular weight is 418 g/mol. The molecule has 0 saturated carbocycles. The molecule has 0 radical (unpaired) electrons. The number of amides is 2. The first kappa shape index (κ1) is 21.9. The van der Waals surface area contributed by atoms with E-state index in [9.17, 15) is 18.4 Å². The standard InChI is InChI=1S/C22H26F2N4O2/c23-18-6-4-17(5-7-18)8-9-25-21(29)15-27-10-12-28(13-11-27)16-22(30)26-20-3-1-2-19(24)14-20/h1-7,14H,8-13,15-16H2,(H,25,29)(H,26,30)/p+2. The summed E-state index contributed by atoms with van der Waals surface area (Å²) in [4.78, 5) is 26.7. The van der Waals surface area contributed by atoms with E-state index in [1.807, 2.05) is 0 Å². The van der Waals surface area contributed by atoms with Crippen LogP contribution in [0.3, 0.4) is 0 Å². The number of hydrogen-bond donors (Lipinski definition) is 4. The summed E-state index contributed by atoms with van der Waals surface area (Å²) in [6.45, 7) is 4.49. The highest BCUT2D eigenvalue weighted by molar-refractivity contribution is 5.91. The molecule has 3 rings (SSSR count). The Hall–Kier alpha value is -2.84. The van der Waals surface area contributed by atoms with E-state index in [2.05, 4.69) is 10.6 Å². The molecule has 1 fully saturated rings. The highest BCUT2D eigenvalue weighted by atomic mass is 19.1. The van der Waals surface area contributed by atoms with E-state index in [1.165, 1.54) is 29.2 Å². The molecule has 0 bridgehead atoms. The summed E-state index contributed by atoms with van der Waals surface area (Å²) in [5.41, 5.74) is 1.44. The minimum absolute atomic E-state index is 0.000547. The molecule has 0 unspecified atom stereocenters. The zero-order valence-electron chi connectivity index (χ0n) is 16.8. The number of nitrogens with one attached hydrogen (secondary N) is 4. The lowest BCUT2D eigenvalue weighted by Gasteiger charge is -2.28. The second kappa shape index (κ2) is 10.8. The number of rotatable bonds is 8. The third-order valence-corrected chi connectivity index (χ3v) is 5.24. The lowest BCUT2D eigenvalue weighted by Crippen LogP contribution is -3.28. The Kier molecular flexibility index (Phi) is 7.87. The van der Waals surface area contributed by atoms with Crippen LogP contribution in [0, 0.1) is 11.6 Å². The summed E-state index contributed by atoms with van der Waals surface area (Å²) in [5, 5.41) is 5.63. The van der Waals surface area contributed by atoms with Crippen molar-refractivity contribution in [3.05, 3.63) is 65.7 Å². The number of hydrogen-bond acceptors (Lipinski definition) is 2. The van der Waals surface area contributed by atoms with Gasteiger partial charge in [-0.2, -0.15) is 0 Å². The molecular weight excluding hydrogens is 390 g/mol. The summed E-state index contributed by atoms with van der Waals surface area (Å²) in [6.07, 6.45) is 0.666. The molecule has 6 nitrogen and oxygen atoms in total. The van der Waals surface area contributed by atoms with Gasteiger partial charge in [0.15, 0.2) is 13.1 Å². The van der Waals surface area contributed by atoms with Gasteiger partial charge in [0.25, 0.3) is 11.8 Å². The summed E-state index contributed by atoms with van der Waals surface area (Å²) in [6, 6.07) is 12.1. The largest absolute Gasteiger partial charge is 0.351 e. The highest BCUT2D eigenvalue weighted by Crippen LogP contribution is 2.08. The van der Waals surface area contributed by atoms with Gasteiger partial charge in [-0.3, -0.25) is 9.59 Å². The maximum absolute atomic E-state index is 13.2. The minimum atomic E-state index is -0.381. The lowest BCUT2D eigenvalue weighted by atomic mass is 10.1. The van der Waals surface area contributed by atoms with Gasteiger partial charge in [-0.25, -0.2) is 8.78 Å². The topological polar surface area (TPSA) is 67.1 Å². The van der Waals surface area contributed by atoms with E-state index >= 15 is 0 Å². The third kappa shape index (κ3) is 7.20. The Bertz CT molecular complexity index is 852. The van der Waals surface area contributed by atoms with Crippen molar-refractivity contribution in [3.8, 4) is 0 Å². The fourth-order valence-corrected chi connectivity index (χ4v) is 3.60. The van der Waals surface area contributed by atoms with Crippen molar-refractivity contribution in [1.82, 2.24) is 5.32 Å². The zero-order valence-corrected chi connectivity index (χ0v) is 16.8. The van der Waals surface area contributed by atoms with Crippen LogP contribution in [0.2, 0.25) is 0 Å². The Labute approximate surface area is 174 Å². The van der Waals surface area contributed by atoms with Crippen molar-refractivity contribution in [3.63, 3.8) is 0 Å². The van der Waals surface area contributed by atoms with E-state index < -0.39 is 0 Å². The van der Waals surface area contributed by atoms with E-state index in [0.717, 1.165) is 36.6 Å². The molecule has 0 atom stereocenters. The Balaban J connectivity index is 1.31. The predicted molar refractivity (Wildman–Crippen MR) is 109 cm³/mol. The smallest absolute Gasteiger partial charge is 0.279 e. The fraction of sp³-hybridized carbons (Fsp3) is 0.364. The van der Waals surface area contributed by atoms with Gasteiger partial charge in [-0.05, 0) is 42.3 Å². The van der Waals surface area contributed by atoms with Crippen molar-refractivity contribution in [2.75, 3.05) is 51.1 Å². The van der Waals surface area contributed by atoms with Gasteiger partial charge < -0.3 is 20.4 Å². The quantitative estimate of drug-likeness (QED) is 0.447. The van der Waals surface area contributed by atoms with Gasteiger partial charge >= 0.3 is 0 Å². The molecular formula is C22H28F2N4O2+2. The number of anilines is 1. The monoisotopic (exact) mass is 418 g/mol. The van der Waals surface area contributed by atoms with Crippen LogP contribution in [-0.4, -0.2) is 57.6 Å². The minimum Gasteiger partial charge on any atom is -0.351 e. The van der Waals surface area contributed by atoms with Crippen LogP contribution in [0.4, 0.5) is 14.5 Å². The molecule has 1 heterocycles. The van der Waals surface area contributed by atoms with E-state index in [0.29, 0.717) is 31.7 Å². The van der Waals surface area contributed by atoms with Crippen molar-refractivity contribution >= 4 is 17.5 Å². The summed E-state index contributed by atoms with van der Waals surface area (Å²) in [5.74, 6) is -0.788. The van der Waals surface area contributed by atoms with Gasteiger partial charge in [-0.1, -0.05) is 18.2 Å². The van der Waals surface area contributed by atoms with Gasteiger partial charge in [0.1, 0.15) is 37.8 Å². The molecule has 2 aromatic carbocycles. The first-order chi connectivity index (χ1) is 14.5. The summed E-state index contributed by atoms with van der Waals surface area (Å²) in [7, 11) is 0. The SMILES string of the molecule is O=C(C[NH+]1CC[NH+](CC(=O)Nc2cccc(F)c2)CC1)NCCc1ccc(F)cc1. The number of halogens is 2. The number of carbonyl (C=O) groups excluding carboxylic acids is 2. The maximum Gasteiger partial charge on any atom is 0.279 e. The van der Waals surface area contributed by atoms with Crippen molar-refractivity contribution in [2.24, 2.45) is 0 Å². The van der Waals surface area contributed by atoms with Crippen molar-refractivity contribution in [1.29, 1.82) is 0 Å². The van der Waals surface area contributed by atoms with E-state index in [4.69, 9.17) is 0 Å². The third-order valence-electron chi connectivity index (χ3n) is 5.24. The lowest BCUT2D eigenvalue weighted by molar-refractivity contribution is -1.00. The molecule has 8 heteroatoms. The van der Waals surface area contributed by atoms with Gasteiger partial charge in [0.2, 0.25) is 0 Å². The number of piperazine rings is 1. The normalized spacial score (nSPS) is 18.6. The highest BCUT2D eigenvalue weighted by Gasteiger charge is 2.26. The molecule has 2 aromatic rings. The van der Waals surface area contributed by atoms with Crippen LogP contribution in [0.5, 0.6) is 0 Å². The van der Waals surface area contributed by atoms with Crippen LogP contribution < -0.4 is 20.4 Å². The molecule has 0 aliphatic carbocycles. The zero-order chi connectivity index (χ0) is 21.3. The number of quaternary nitrogens is 2. The molecule has 0 spiro atoms. The van der Waals surface area contributed by atoms with Gasteiger partial charge in [-0.15, -0.1) is 0 Å². The molecule has 1 saturated heterocycles. The van der Waals surface area contributed by atoms with Crippen molar-refractivity contribution < 1.29 is 28.2 Å². The van der Waals surface area contributed by atoms with Gasteiger partial charge in [0, 0.05) is 12.2 Å². The molecule has 160 valence electrons. The molecule has 4 N–H and O–H groups in total. The molecule has 2 amide bonds. The number of benzene rings is 2. The van der Waals surface area contributed by atoms with Crippen molar-refractivity contribution in [2.45, 2.75) is 6.42 Å². The van der Waals surface area contributed by atoms with E-state index in [-0.39, 0.29) is 23.4 Å². The van der Waals surface area contributed by atoms with E-state index in [1.54, 1.807) is 24.3 Å². The summed E-state index contributed by atoms with van der Waals surface area (Å²) >= 11 is 0. The first-order valence-electron chi connectivity index (χ1n) is 10.2. The Morgan fingerprint density at radius 3 is 2.10 bits per heavy atom. The molecule has 0 aromatic heterocycles. The second-order valence-electron chi connectivity index (χ2n) is 7.64. The second-order valence-corrected chi connectivity index (χ2v) is 7.64. The molecule has 30 heavy (non-hydrogen) atoms. The van der Waals surface area contributed by atoms with Crippen LogP contribution in [-0.2, 0) is 16.0 Å². The predicted octanol–water partition coefficient (Wildman–Crippen LogP) is -0.954. The van der Waals surface area contributed by atoms with Crippen LogP contribution >= 0.6 is 0 Å². The Morgan fingerprint density at radius 2 is 1.47 bits per heavy atom. The maximum atomic E-state index is 13.2. The summed E-state index contributed by atoms with van der Waals surface area (Å²) < 4.78 is 26.1. The number of carbonyl (C=O) groups is 2. The van der Waals surface area contributed by atoms with Gasteiger partial charge in [0.05, 0.1) is 0 Å².